The SMILES string of the molecule is [2H][13C]([2H])([2H])Oc1cccc2c1C(=O)c1c(O)c3c(c(O)c1C2=O)C[C@@](O)(C(C)=O)C[C@@H]3O. The summed E-state index contributed by atoms with van der Waals surface area (Å²) in [4.78, 5) is 38.4. The van der Waals surface area contributed by atoms with Crippen LogP contribution in [0.5, 0.6) is 17.2 Å². The van der Waals surface area contributed by atoms with E-state index in [1.54, 1.807) is 0 Å². The van der Waals surface area contributed by atoms with E-state index in [2.05, 4.69) is 0 Å². The van der Waals surface area contributed by atoms with Crippen molar-refractivity contribution in [3.63, 3.8) is 0 Å². The normalized spacial score (nSPS) is 24.5. The van der Waals surface area contributed by atoms with E-state index in [-0.39, 0.29) is 16.7 Å². The van der Waals surface area contributed by atoms with Crippen molar-refractivity contribution < 1.29 is 43.7 Å². The third kappa shape index (κ3) is 2.43. The molecule has 8 heteroatoms. The topological polar surface area (TPSA) is 141 Å². The third-order valence-electron chi connectivity index (χ3n) is 5.64. The summed E-state index contributed by atoms with van der Waals surface area (Å²) in [6.07, 6.45) is -2.60. The van der Waals surface area contributed by atoms with E-state index in [4.69, 9.17) is 8.85 Å². The van der Waals surface area contributed by atoms with Gasteiger partial charge in [0.25, 0.3) is 0 Å². The van der Waals surface area contributed by atoms with Crippen LogP contribution in [-0.2, 0) is 11.2 Å². The van der Waals surface area contributed by atoms with Crippen LogP contribution < -0.4 is 4.74 Å². The number of aromatic hydroxyl groups is 2. The standard InChI is InChI=1S/C21H18O8/c1-8(22)21(28)6-10-13(11(23)7-21)19(26)16-15(18(10)25)17(24)9-4-3-5-12(29-2)14(9)20(16)27/h3-5,11,23,25-26,28H,6-7H2,1-2H3/t11-,21-/m0/s1/i2+1D3. The zero-order chi connectivity index (χ0) is 23.7. The molecule has 2 aromatic carbocycles. The van der Waals surface area contributed by atoms with Crippen LogP contribution in [0.25, 0.3) is 0 Å². The van der Waals surface area contributed by atoms with E-state index < -0.39 is 82.9 Å². The molecule has 0 aliphatic heterocycles. The molecule has 2 aromatic rings. The van der Waals surface area contributed by atoms with Crippen molar-refractivity contribution in [2.45, 2.75) is 31.5 Å². The van der Waals surface area contributed by atoms with Crippen molar-refractivity contribution in [2.24, 2.45) is 0 Å². The number of aliphatic hydroxyl groups excluding tert-OH is 1. The predicted octanol–water partition coefficient (Wildman–Crippen LogP) is 1.18. The Kier molecular flexibility index (Phi) is 3.31. The number of phenolic OH excluding ortho intramolecular Hbond substituents is 2. The molecule has 0 radical (unpaired) electrons. The molecule has 29 heavy (non-hydrogen) atoms. The third-order valence-corrected chi connectivity index (χ3v) is 5.64. The Balaban J connectivity index is 1.99. The van der Waals surface area contributed by atoms with Crippen LogP contribution in [0.3, 0.4) is 0 Å². The first-order valence-electron chi connectivity index (χ1n) is 10.2. The monoisotopic (exact) mass is 402 g/mol. The molecule has 8 nitrogen and oxygen atoms in total. The number of ether oxygens (including phenoxy) is 1. The lowest BCUT2D eigenvalue weighted by atomic mass is 9.72. The fraction of sp³-hybridized carbons (Fsp3) is 0.286. The number of benzene rings is 2. The molecular weight excluding hydrogens is 381 g/mol. The van der Waals surface area contributed by atoms with Crippen molar-refractivity contribution in [3.05, 3.63) is 51.6 Å². The van der Waals surface area contributed by atoms with Crippen molar-refractivity contribution >= 4 is 17.3 Å². The summed E-state index contributed by atoms with van der Waals surface area (Å²) in [6, 6.07) is 3.71. The van der Waals surface area contributed by atoms with Gasteiger partial charge in [0, 0.05) is 29.5 Å². The lowest BCUT2D eigenvalue weighted by Gasteiger charge is -2.36. The number of hydrogen-bond acceptors (Lipinski definition) is 8. The second-order valence-electron chi connectivity index (χ2n) is 7.26. The Morgan fingerprint density at radius 3 is 2.52 bits per heavy atom. The van der Waals surface area contributed by atoms with Crippen LogP contribution in [0.2, 0.25) is 0 Å². The zero-order valence-corrected chi connectivity index (χ0v) is 15.1. The molecule has 0 fully saturated rings. The second kappa shape index (κ2) is 6.13. The van der Waals surface area contributed by atoms with Gasteiger partial charge in [0.15, 0.2) is 11.6 Å². The minimum Gasteiger partial charge on any atom is -0.507 e. The van der Waals surface area contributed by atoms with Gasteiger partial charge >= 0.3 is 0 Å². The van der Waals surface area contributed by atoms with Crippen LogP contribution in [0.4, 0.5) is 0 Å². The number of hydrogen-bond donors (Lipinski definition) is 4. The molecule has 0 amide bonds. The van der Waals surface area contributed by atoms with Crippen LogP contribution in [0, 0.1) is 0 Å². The quantitative estimate of drug-likeness (QED) is 0.370. The summed E-state index contributed by atoms with van der Waals surface area (Å²) in [6.45, 7) is 1.10. The molecule has 0 saturated heterocycles. The van der Waals surface area contributed by atoms with Crippen LogP contribution in [0.15, 0.2) is 18.2 Å². The van der Waals surface area contributed by atoms with E-state index in [1.165, 1.54) is 18.2 Å². The number of fused-ring (bicyclic) bond motifs is 3. The molecule has 2 aliphatic carbocycles. The number of methoxy groups -OCH3 is 1. The summed E-state index contributed by atoms with van der Waals surface area (Å²) in [5.41, 5.74) is -4.38. The Hall–Kier alpha value is -3.23. The number of carbonyl (C=O) groups is 3. The van der Waals surface area contributed by atoms with Gasteiger partial charge in [-0.1, -0.05) is 12.1 Å². The Bertz CT molecular complexity index is 1220. The Labute approximate surface area is 169 Å². The molecule has 0 bridgehead atoms. The maximum Gasteiger partial charge on any atom is 0.202 e. The fourth-order valence-electron chi connectivity index (χ4n) is 4.13. The molecule has 0 saturated carbocycles. The fourth-order valence-corrected chi connectivity index (χ4v) is 4.13. The highest BCUT2D eigenvalue weighted by molar-refractivity contribution is 6.31. The maximum absolute atomic E-state index is 13.3. The number of Topliss-reactive ketones (excluding diaryl/α,β-unsaturated/α-hetero) is 1. The average molecular weight is 402 g/mol. The van der Waals surface area contributed by atoms with Gasteiger partial charge in [0.05, 0.1) is 33.9 Å². The van der Waals surface area contributed by atoms with Crippen LogP contribution in [0.1, 0.15) is 66.5 Å². The molecule has 150 valence electrons. The zero-order valence-electron chi connectivity index (χ0n) is 18.1. The maximum atomic E-state index is 13.3. The van der Waals surface area contributed by atoms with E-state index in [1.807, 2.05) is 0 Å². The van der Waals surface area contributed by atoms with Gasteiger partial charge in [-0.2, -0.15) is 0 Å². The summed E-state index contributed by atoms with van der Waals surface area (Å²) in [5.74, 6) is -4.51. The van der Waals surface area contributed by atoms with Gasteiger partial charge in [-0.05, 0) is 13.0 Å². The van der Waals surface area contributed by atoms with Crippen LogP contribution >= 0.6 is 0 Å². The largest absolute Gasteiger partial charge is 0.507 e. The highest BCUT2D eigenvalue weighted by Crippen LogP contribution is 2.50. The van der Waals surface area contributed by atoms with Crippen molar-refractivity contribution in [3.8, 4) is 17.2 Å². The predicted molar refractivity (Wildman–Crippen MR) is 98.5 cm³/mol. The number of aliphatic hydroxyl groups is 2. The number of phenols is 2. The lowest BCUT2D eigenvalue weighted by Crippen LogP contribution is -2.44. The molecule has 4 rings (SSSR count). The Morgan fingerprint density at radius 1 is 1.17 bits per heavy atom. The van der Waals surface area contributed by atoms with Gasteiger partial charge in [0.1, 0.15) is 22.8 Å². The molecule has 2 atom stereocenters. The average Bonchev–Trinajstić information content (AvgIpc) is 2.66. The Morgan fingerprint density at radius 2 is 1.86 bits per heavy atom. The second-order valence-corrected chi connectivity index (χ2v) is 7.26. The van der Waals surface area contributed by atoms with Crippen molar-refractivity contribution in [1.29, 1.82) is 0 Å². The highest BCUT2D eigenvalue weighted by Gasteiger charge is 2.47. The van der Waals surface area contributed by atoms with Crippen molar-refractivity contribution in [2.75, 3.05) is 7.04 Å². The number of rotatable bonds is 2. The minimum absolute atomic E-state index is 0.225. The summed E-state index contributed by atoms with van der Waals surface area (Å²) >= 11 is 0. The van der Waals surface area contributed by atoms with E-state index in [0.29, 0.717) is 0 Å². The first kappa shape index (κ1) is 15.7. The minimum atomic E-state index is -2.92. The number of carbonyl (C=O) groups excluding carboxylic acids is 3. The summed E-state index contributed by atoms with van der Waals surface area (Å²) in [7, 11) is -2.92. The molecule has 4 N–H and O–H groups in total. The van der Waals surface area contributed by atoms with Gasteiger partial charge in [0.2, 0.25) is 5.78 Å². The molecule has 0 heterocycles. The van der Waals surface area contributed by atoms with Gasteiger partial charge < -0.3 is 25.2 Å². The smallest absolute Gasteiger partial charge is 0.202 e. The van der Waals surface area contributed by atoms with Crippen molar-refractivity contribution in [1.82, 2.24) is 0 Å². The van der Waals surface area contributed by atoms with Gasteiger partial charge in [-0.3, -0.25) is 14.4 Å². The van der Waals surface area contributed by atoms with E-state index >= 15 is 0 Å². The van der Waals surface area contributed by atoms with Gasteiger partial charge in [-0.15, -0.1) is 0 Å². The first-order chi connectivity index (χ1) is 14.8. The molecule has 0 aromatic heterocycles. The lowest BCUT2D eigenvalue weighted by molar-refractivity contribution is -0.139. The van der Waals surface area contributed by atoms with E-state index in [0.717, 1.165) is 6.92 Å². The highest BCUT2D eigenvalue weighted by atomic mass is 16.5. The molecular formula is C21H18O8. The molecule has 2 aliphatic rings. The summed E-state index contributed by atoms with van der Waals surface area (Å²) in [5, 5.41) is 42.8. The molecule has 0 spiro atoms. The van der Waals surface area contributed by atoms with Gasteiger partial charge in [-0.25, -0.2) is 0 Å². The first-order valence-corrected chi connectivity index (χ1v) is 8.70. The number of ketones is 3. The van der Waals surface area contributed by atoms with E-state index in [9.17, 15) is 34.8 Å². The molecule has 0 unspecified atom stereocenters. The summed E-state index contributed by atoms with van der Waals surface area (Å²) < 4.78 is 26.7. The van der Waals surface area contributed by atoms with Crippen LogP contribution in [-0.4, -0.2) is 50.4 Å².